The molecule has 0 radical (unpaired) electrons. The third-order valence-corrected chi connectivity index (χ3v) is 6.10. The lowest BCUT2D eigenvalue weighted by atomic mass is 10.3. The van der Waals surface area contributed by atoms with E-state index in [0.29, 0.717) is 13.1 Å². The fraction of sp³-hybridized carbons (Fsp3) is 0.353. The van der Waals surface area contributed by atoms with E-state index in [0.717, 1.165) is 12.8 Å². The number of aryl methyl sites for hydroxylation is 1. The summed E-state index contributed by atoms with van der Waals surface area (Å²) in [4.78, 5) is 12.5. The molecule has 0 saturated carbocycles. The minimum Gasteiger partial charge on any atom is -0.435 e. The normalized spacial score (nSPS) is 15.3. The van der Waals surface area contributed by atoms with Crippen LogP contribution in [0.15, 0.2) is 41.4 Å². The number of hydrogen-bond acceptors (Lipinski definition) is 4. The monoisotopic (exact) mass is 399 g/mol. The zero-order valence-corrected chi connectivity index (χ0v) is 15.4. The summed E-state index contributed by atoms with van der Waals surface area (Å²) in [5.41, 5.74) is 0.385. The second kappa shape index (κ2) is 7.65. The number of ether oxygens (including phenoxy) is 1. The van der Waals surface area contributed by atoms with Crippen LogP contribution >= 0.6 is 0 Å². The number of hydrogen-bond donors (Lipinski definition) is 1. The van der Waals surface area contributed by atoms with Crippen LogP contribution in [0.1, 0.15) is 23.3 Å². The third-order valence-electron chi connectivity index (χ3n) is 4.23. The van der Waals surface area contributed by atoms with Gasteiger partial charge in [0.1, 0.15) is 16.3 Å². The molecule has 7 nitrogen and oxygen atoms in total. The number of nitrogens with one attached hydrogen (secondary N) is 1. The van der Waals surface area contributed by atoms with E-state index in [1.807, 2.05) is 0 Å². The summed E-state index contributed by atoms with van der Waals surface area (Å²) in [5, 5.41) is 2.55. The molecule has 1 aliphatic heterocycles. The number of sulfonamides is 1. The predicted molar refractivity (Wildman–Crippen MR) is 94.4 cm³/mol. The van der Waals surface area contributed by atoms with Gasteiger partial charge in [0.25, 0.3) is 5.91 Å². The molecule has 3 rings (SSSR count). The first-order valence-electron chi connectivity index (χ1n) is 8.30. The molecule has 1 saturated heterocycles. The van der Waals surface area contributed by atoms with E-state index in [2.05, 4.69) is 10.1 Å². The summed E-state index contributed by atoms with van der Waals surface area (Å²) in [5.74, 6) is -0.651. The number of alkyl halides is 2. The van der Waals surface area contributed by atoms with Gasteiger partial charge in [-0.15, -0.1) is 0 Å². The van der Waals surface area contributed by atoms with Crippen LogP contribution in [0.25, 0.3) is 0 Å². The van der Waals surface area contributed by atoms with Gasteiger partial charge in [0.05, 0.1) is 0 Å². The van der Waals surface area contributed by atoms with Gasteiger partial charge in [-0.25, -0.2) is 8.42 Å². The third kappa shape index (κ3) is 4.28. The van der Waals surface area contributed by atoms with Crippen molar-refractivity contribution in [3.8, 4) is 5.75 Å². The Morgan fingerprint density at radius 3 is 2.59 bits per heavy atom. The number of amides is 1. The Labute approximate surface area is 155 Å². The molecule has 27 heavy (non-hydrogen) atoms. The Kier molecular flexibility index (Phi) is 5.47. The van der Waals surface area contributed by atoms with Crippen molar-refractivity contribution < 1.29 is 26.7 Å². The van der Waals surface area contributed by atoms with Crippen LogP contribution in [-0.4, -0.2) is 42.9 Å². The Morgan fingerprint density at radius 2 is 1.93 bits per heavy atom. The smallest absolute Gasteiger partial charge is 0.387 e. The zero-order chi connectivity index (χ0) is 19.6. The average molecular weight is 399 g/mol. The lowest BCUT2D eigenvalue weighted by Gasteiger charge is -2.13. The number of rotatable bonds is 6. The fourth-order valence-corrected chi connectivity index (χ4v) is 4.51. The van der Waals surface area contributed by atoms with Crippen LogP contribution in [0.3, 0.4) is 0 Å². The number of carbonyl (C=O) groups excluding carboxylic acids is 1. The number of nitrogens with zero attached hydrogens (tertiary/aromatic N) is 2. The van der Waals surface area contributed by atoms with E-state index >= 15 is 0 Å². The first-order valence-corrected chi connectivity index (χ1v) is 9.74. The Hall–Kier alpha value is -2.46. The van der Waals surface area contributed by atoms with Gasteiger partial charge < -0.3 is 14.6 Å². The summed E-state index contributed by atoms with van der Waals surface area (Å²) < 4.78 is 57.0. The molecule has 0 bridgehead atoms. The number of halogens is 2. The molecule has 1 aliphatic rings. The zero-order valence-electron chi connectivity index (χ0n) is 14.6. The largest absolute Gasteiger partial charge is 0.435 e. The van der Waals surface area contributed by atoms with Crippen molar-refractivity contribution >= 4 is 21.6 Å². The van der Waals surface area contributed by atoms with E-state index in [-0.39, 0.29) is 22.0 Å². The lowest BCUT2D eigenvalue weighted by Crippen LogP contribution is -2.27. The molecule has 0 spiro atoms. The minimum absolute atomic E-state index is 0.0480. The second-order valence-corrected chi connectivity index (χ2v) is 8.08. The summed E-state index contributed by atoms with van der Waals surface area (Å²) in [7, 11) is -2.07. The molecule has 1 aromatic heterocycles. The molecule has 146 valence electrons. The van der Waals surface area contributed by atoms with Crippen LogP contribution < -0.4 is 10.1 Å². The van der Waals surface area contributed by atoms with Crippen molar-refractivity contribution in [2.45, 2.75) is 24.3 Å². The quantitative estimate of drug-likeness (QED) is 0.810. The van der Waals surface area contributed by atoms with Gasteiger partial charge in [0, 0.05) is 38.1 Å². The van der Waals surface area contributed by atoms with E-state index in [1.165, 1.54) is 45.4 Å². The van der Waals surface area contributed by atoms with Gasteiger partial charge in [-0.05, 0) is 31.0 Å². The van der Waals surface area contributed by atoms with Crippen LogP contribution in [0, 0.1) is 0 Å². The first kappa shape index (κ1) is 19.3. The van der Waals surface area contributed by atoms with Gasteiger partial charge in [-0.2, -0.15) is 13.1 Å². The SMILES string of the molecule is Cn1cc(S(=O)(=O)N2CCCC2)cc1C(=O)Nc1cccc(OC(F)F)c1. The Bertz CT molecular complexity index is 937. The molecule has 1 amide bonds. The highest BCUT2D eigenvalue weighted by Gasteiger charge is 2.29. The average Bonchev–Trinajstić information content (AvgIpc) is 3.24. The molecule has 1 aromatic carbocycles. The summed E-state index contributed by atoms with van der Waals surface area (Å²) >= 11 is 0. The summed E-state index contributed by atoms with van der Waals surface area (Å²) in [6.45, 7) is -2.03. The topological polar surface area (TPSA) is 80.6 Å². The number of benzene rings is 1. The van der Waals surface area contributed by atoms with Gasteiger partial charge in [0.15, 0.2) is 0 Å². The lowest BCUT2D eigenvalue weighted by molar-refractivity contribution is -0.0498. The van der Waals surface area contributed by atoms with Crippen molar-refractivity contribution in [3.63, 3.8) is 0 Å². The first-order chi connectivity index (χ1) is 12.8. The second-order valence-electron chi connectivity index (χ2n) is 6.14. The van der Waals surface area contributed by atoms with Crippen LogP contribution in [0.5, 0.6) is 5.75 Å². The molecular formula is C17H19F2N3O4S. The van der Waals surface area contributed by atoms with Crippen LogP contribution in [0.2, 0.25) is 0 Å². The van der Waals surface area contributed by atoms with Crippen molar-refractivity contribution in [2.75, 3.05) is 18.4 Å². The minimum atomic E-state index is -3.64. The van der Waals surface area contributed by atoms with Crippen molar-refractivity contribution in [2.24, 2.45) is 7.05 Å². The maximum atomic E-state index is 12.6. The van der Waals surface area contributed by atoms with Crippen molar-refractivity contribution in [1.29, 1.82) is 0 Å². The van der Waals surface area contributed by atoms with Crippen molar-refractivity contribution in [3.05, 3.63) is 42.2 Å². The van der Waals surface area contributed by atoms with E-state index in [9.17, 15) is 22.0 Å². The van der Waals surface area contributed by atoms with Gasteiger partial charge >= 0.3 is 6.61 Å². The molecule has 0 aliphatic carbocycles. The van der Waals surface area contributed by atoms with Crippen LogP contribution in [0.4, 0.5) is 14.5 Å². The fourth-order valence-electron chi connectivity index (χ4n) is 2.92. The highest BCUT2D eigenvalue weighted by atomic mass is 32.2. The van der Waals surface area contributed by atoms with Crippen molar-refractivity contribution in [1.82, 2.24) is 8.87 Å². The maximum absolute atomic E-state index is 12.6. The molecule has 0 atom stereocenters. The number of carbonyl (C=O) groups is 1. The van der Waals surface area contributed by atoms with Gasteiger partial charge in [-0.1, -0.05) is 6.07 Å². The molecule has 2 aromatic rings. The summed E-state index contributed by atoms with van der Waals surface area (Å²) in [6.07, 6.45) is 3.02. The maximum Gasteiger partial charge on any atom is 0.387 e. The van der Waals surface area contributed by atoms with E-state index < -0.39 is 22.5 Å². The van der Waals surface area contributed by atoms with E-state index in [1.54, 1.807) is 7.05 Å². The molecule has 2 heterocycles. The molecular weight excluding hydrogens is 380 g/mol. The molecule has 1 fully saturated rings. The van der Waals surface area contributed by atoms with Crippen LogP contribution in [-0.2, 0) is 17.1 Å². The Morgan fingerprint density at radius 1 is 1.22 bits per heavy atom. The highest BCUT2D eigenvalue weighted by Crippen LogP contribution is 2.24. The number of aromatic nitrogens is 1. The summed E-state index contributed by atoms with van der Waals surface area (Å²) in [6, 6.07) is 6.88. The Balaban J connectivity index is 1.79. The van der Waals surface area contributed by atoms with Gasteiger partial charge in [0.2, 0.25) is 10.0 Å². The predicted octanol–water partition coefficient (Wildman–Crippen LogP) is 2.66. The van der Waals surface area contributed by atoms with E-state index in [4.69, 9.17) is 0 Å². The number of anilines is 1. The standard InChI is InChI=1S/C17H19F2N3O4S/c1-21-11-14(27(24,25)22-7-2-3-8-22)10-15(21)16(23)20-12-5-4-6-13(9-12)26-17(18)19/h4-6,9-11,17H,2-3,7-8H2,1H3,(H,20,23). The molecule has 0 unspecified atom stereocenters. The molecule has 1 N–H and O–H groups in total. The molecule has 10 heteroatoms. The highest BCUT2D eigenvalue weighted by molar-refractivity contribution is 7.89. The van der Waals surface area contributed by atoms with Gasteiger partial charge in [-0.3, -0.25) is 4.79 Å².